The van der Waals surface area contributed by atoms with Crippen LogP contribution in [-0.4, -0.2) is 41.6 Å². The van der Waals surface area contributed by atoms with Gasteiger partial charge in [0.2, 0.25) is 0 Å². The Morgan fingerprint density at radius 3 is 2.71 bits per heavy atom. The van der Waals surface area contributed by atoms with E-state index in [0.29, 0.717) is 0 Å². The molecule has 4 N–H and O–H groups in total. The van der Waals surface area contributed by atoms with Crippen LogP contribution in [0.5, 0.6) is 0 Å². The van der Waals surface area contributed by atoms with E-state index in [1.165, 1.54) is 39.1 Å². The van der Waals surface area contributed by atoms with Gasteiger partial charge in [0.05, 0.1) is 12.4 Å². The molecule has 1 unspecified atom stereocenters. The second-order valence-electron chi connectivity index (χ2n) is 9.71. The lowest BCUT2D eigenvalue weighted by molar-refractivity contribution is 0.238. The maximum atomic E-state index is 6.25. The molecule has 0 spiro atoms. The van der Waals surface area contributed by atoms with Gasteiger partial charge in [0.1, 0.15) is 5.76 Å². The van der Waals surface area contributed by atoms with Crippen molar-refractivity contribution in [2.75, 3.05) is 31.7 Å². The fourth-order valence-corrected chi connectivity index (χ4v) is 5.55. The number of aromatic nitrogens is 1. The van der Waals surface area contributed by atoms with Crippen LogP contribution in [0.1, 0.15) is 22.3 Å². The van der Waals surface area contributed by atoms with E-state index in [9.17, 15) is 0 Å². The van der Waals surface area contributed by atoms with Crippen LogP contribution in [0.25, 0.3) is 22.5 Å². The maximum Gasteiger partial charge on any atom is 0.134 e. The van der Waals surface area contributed by atoms with Crippen LogP contribution in [0.3, 0.4) is 0 Å². The van der Waals surface area contributed by atoms with E-state index in [1.807, 2.05) is 24.4 Å². The Labute approximate surface area is 200 Å². The van der Waals surface area contributed by atoms with Crippen molar-refractivity contribution >= 4 is 11.4 Å². The largest absolute Gasteiger partial charge is 0.464 e. The van der Waals surface area contributed by atoms with Crippen LogP contribution in [0.15, 0.2) is 65.5 Å². The number of hydrogen-bond donors (Lipinski definition) is 3. The predicted molar refractivity (Wildman–Crippen MR) is 137 cm³/mol. The normalized spacial score (nSPS) is 18.5. The highest BCUT2D eigenvalue weighted by molar-refractivity contribution is 5.74. The van der Waals surface area contributed by atoms with Crippen LogP contribution >= 0.6 is 0 Å². The van der Waals surface area contributed by atoms with Crippen molar-refractivity contribution in [3.05, 3.63) is 83.4 Å². The number of anilines is 2. The van der Waals surface area contributed by atoms with Gasteiger partial charge < -0.3 is 25.4 Å². The first-order valence-corrected chi connectivity index (χ1v) is 11.9. The summed E-state index contributed by atoms with van der Waals surface area (Å²) >= 11 is 0. The number of nitrogens with two attached hydrogens (primary N) is 1. The van der Waals surface area contributed by atoms with Gasteiger partial charge in [-0.1, -0.05) is 0 Å². The highest BCUT2D eigenvalue weighted by Gasteiger charge is 2.28. The number of fused-ring (bicyclic) bond motifs is 2. The minimum Gasteiger partial charge on any atom is -0.464 e. The van der Waals surface area contributed by atoms with Gasteiger partial charge in [-0.15, -0.1) is 0 Å². The number of aromatic amines is 1. The lowest BCUT2D eigenvalue weighted by atomic mass is 9.90. The van der Waals surface area contributed by atoms with Crippen LogP contribution < -0.4 is 11.1 Å². The smallest absolute Gasteiger partial charge is 0.134 e. The summed E-state index contributed by atoms with van der Waals surface area (Å²) in [6.45, 7) is 2.91. The molecule has 6 rings (SSSR count). The highest BCUT2D eigenvalue weighted by atomic mass is 16.3. The van der Waals surface area contributed by atoms with Crippen molar-refractivity contribution < 1.29 is 4.42 Å². The fraction of sp³-hybridized carbons (Fsp3) is 0.286. The number of nitrogens with one attached hydrogen (secondary N) is 2. The molecule has 2 aliphatic heterocycles. The molecule has 174 valence electrons. The molecule has 6 heteroatoms. The van der Waals surface area contributed by atoms with E-state index in [0.717, 1.165) is 49.5 Å². The van der Waals surface area contributed by atoms with Crippen LogP contribution in [0, 0.1) is 0 Å². The minimum absolute atomic E-state index is 0.170. The first-order valence-electron chi connectivity index (χ1n) is 11.9. The predicted octanol–water partition coefficient (Wildman–Crippen LogP) is 4.94. The molecular formula is C28H31N5O. The molecular weight excluding hydrogens is 422 g/mol. The molecule has 4 heterocycles. The van der Waals surface area contributed by atoms with Gasteiger partial charge >= 0.3 is 0 Å². The lowest BCUT2D eigenvalue weighted by Gasteiger charge is -2.37. The zero-order chi connectivity index (χ0) is 23.2. The van der Waals surface area contributed by atoms with E-state index in [4.69, 9.17) is 10.2 Å². The monoisotopic (exact) mass is 453 g/mol. The molecule has 34 heavy (non-hydrogen) atoms. The molecule has 2 aliphatic rings. The Kier molecular flexibility index (Phi) is 5.20. The number of furan rings is 1. The zero-order valence-corrected chi connectivity index (χ0v) is 19.8. The van der Waals surface area contributed by atoms with Gasteiger partial charge in [0.25, 0.3) is 0 Å². The summed E-state index contributed by atoms with van der Waals surface area (Å²) in [4.78, 5) is 8.00. The molecule has 0 fully saturated rings. The molecule has 4 aromatic rings. The lowest BCUT2D eigenvalue weighted by Crippen LogP contribution is -2.43. The topological polar surface area (TPSA) is 73.5 Å². The molecule has 0 amide bonds. The van der Waals surface area contributed by atoms with E-state index < -0.39 is 0 Å². The third kappa shape index (κ3) is 3.79. The van der Waals surface area contributed by atoms with Crippen molar-refractivity contribution in [1.29, 1.82) is 0 Å². The van der Waals surface area contributed by atoms with Crippen LogP contribution in [0.4, 0.5) is 11.4 Å². The molecule has 0 radical (unpaired) electrons. The second-order valence-corrected chi connectivity index (χ2v) is 9.71. The van der Waals surface area contributed by atoms with Gasteiger partial charge in [0, 0.05) is 55.4 Å². The third-order valence-corrected chi connectivity index (χ3v) is 7.27. The van der Waals surface area contributed by atoms with Crippen molar-refractivity contribution in [2.45, 2.75) is 32.1 Å². The molecule has 1 atom stereocenters. The van der Waals surface area contributed by atoms with E-state index in [2.05, 4.69) is 64.7 Å². The number of nitrogens with zero attached hydrogens (tertiary/aromatic N) is 2. The number of benzene rings is 2. The van der Waals surface area contributed by atoms with Gasteiger partial charge in [0.15, 0.2) is 0 Å². The zero-order valence-electron chi connectivity index (χ0n) is 19.8. The summed E-state index contributed by atoms with van der Waals surface area (Å²) in [6.07, 6.45) is 7.95. The molecule has 0 saturated carbocycles. The summed E-state index contributed by atoms with van der Waals surface area (Å²) in [7, 11) is 4.38. The Balaban J connectivity index is 1.36. The summed E-state index contributed by atoms with van der Waals surface area (Å²) in [5.74, 6) is 0.874. The summed E-state index contributed by atoms with van der Waals surface area (Å²) in [5, 5.41) is 3.86. The molecule has 2 aromatic heterocycles. The number of hydrogen-bond acceptors (Lipinski definition) is 5. The average Bonchev–Trinajstić information content (AvgIpc) is 3.53. The molecule has 0 bridgehead atoms. The summed E-state index contributed by atoms with van der Waals surface area (Å²) in [5.41, 5.74) is 17.3. The van der Waals surface area contributed by atoms with E-state index >= 15 is 0 Å². The van der Waals surface area contributed by atoms with Gasteiger partial charge in [-0.25, -0.2) is 0 Å². The Hall–Kier alpha value is -3.48. The number of rotatable bonds is 4. The van der Waals surface area contributed by atoms with Crippen LogP contribution in [0.2, 0.25) is 0 Å². The number of likely N-dealkylation sites (N-methyl/N-ethyl adjacent to an activating group) is 2. The summed E-state index contributed by atoms with van der Waals surface area (Å²) < 4.78 is 5.75. The summed E-state index contributed by atoms with van der Waals surface area (Å²) in [6, 6.07) is 14.9. The third-order valence-electron chi connectivity index (χ3n) is 7.27. The molecule has 0 saturated heterocycles. The van der Waals surface area contributed by atoms with E-state index in [1.54, 1.807) is 6.26 Å². The van der Waals surface area contributed by atoms with Gasteiger partial charge in [-0.05, 0) is 96.4 Å². The van der Waals surface area contributed by atoms with Gasteiger partial charge in [-0.2, -0.15) is 0 Å². The molecule has 0 aliphatic carbocycles. The minimum atomic E-state index is 0.170. The fourth-order valence-electron chi connectivity index (χ4n) is 5.55. The van der Waals surface area contributed by atoms with Crippen LogP contribution in [-0.2, 0) is 25.9 Å². The first kappa shape index (κ1) is 21.1. The Morgan fingerprint density at radius 1 is 1.03 bits per heavy atom. The average molecular weight is 454 g/mol. The van der Waals surface area contributed by atoms with Gasteiger partial charge in [-0.3, -0.25) is 4.90 Å². The SMILES string of the molecule is CN1CCc2c(cc(NC3Cc4c(cc(N)cc4-c4ccco4)CN3C)cc2-c2cc[nH]c2)C1. The maximum absolute atomic E-state index is 6.25. The number of H-pyrrole nitrogens is 1. The molecule has 6 nitrogen and oxygen atoms in total. The van der Waals surface area contributed by atoms with Crippen molar-refractivity contribution in [1.82, 2.24) is 14.8 Å². The van der Waals surface area contributed by atoms with E-state index in [-0.39, 0.29) is 6.17 Å². The molecule has 2 aromatic carbocycles. The van der Waals surface area contributed by atoms with Crippen molar-refractivity contribution in [2.24, 2.45) is 0 Å². The quantitative estimate of drug-likeness (QED) is 0.382. The number of nitrogen functional groups attached to an aromatic ring is 1. The highest BCUT2D eigenvalue weighted by Crippen LogP contribution is 2.37. The second kappa shape index (κ2) is 8.38. The van der Waals surface area contributed by atoms with Crippen molar-refractivity contribution in [3.63, 3.8) is 0 Å². The Bertz CT molecular complexity index is 1310. The first-order chi connectivity index (χ1) is 16.5. The van der Waals surface area contributed by atoms with Crippen molar-refractivity contribution in [3.8, 4) is 22.5 Å². The standard InChI is InChI=1S/C28H31N5O/c1-32-8-6-23-20(16-32)11-22(13-24(23)18-5-7-30-15-18)31-28-14-25-19(17-33(28)2)10-21(29)12-26(25)27-4-3-9-34-27/h3-5,7,9-13,15,28,30-31H,6,8,14,16-17,29H2,1-2H3. The Morgan fingerprint density at radius 2 is 1.91 bits per heavy atom.